The summed E-state index contributed by atoms with van der Waals surface area (Å²) in [6, 6.07) is 7.47. The third-order valence-corrected chi connectivity index (χ3v) is 3.39. The smallest absolute Gasteiger partial charge is 0.373 e. The molecule has 0 radical (unpaired) electrons. The van der Waals surface area contributed by atoms with E-state index in [-0.39, 0.29) is 11.0 Å². The number of nitrogens with zero attached hydrogens (tertiary/aromatic N) is 1. The van der Waals surface area contributed by atoms with Gasteiger partial charge in [0.05, 0.1) is 19.1 Å². The van der Waals surface area contributed by atoms with Crippen LogP contribution in [0, 0.1) is 10.1 Å². The first-order valence-electron chi connectivity index (χ1n) is 7.67. The fourth-order valence-electron chi connectivity index (χ4n) is 2.13. The van der Waals surface area contributed by atoms with E-state index in [1.165, 1.54) is 12.1 Å². The Labute approximate surface area is 133 Å². The van der Waals surface area contributed by atoms with Crippen LogP contribution in [-0.4, -0.2) is 29.9 Å². The summed E-state index contributed by atoms with van der Waals surface area (Å²) < 4.78 is 40.2. The fraction of sp³-hybridized carbons (Fsp3) is 0.625. The van der Waals surface area contributed by atoms with Gasteiger partial charge in [0.15, 0.2) is 0 Å². The lowest BCUT2D eigenvalue weighted by Crippen LogP contribution is -2.19. The van der Waals surface area contributed by atoms with E-state index in [0.717, 1.165) is 19.4 Å². The molecule has 0 spiro atoms. The summed E-state index contributed by atoms with van der Waals surface area (Å²) in [5.41, 5.74) is 0.306. The summed E-state index contributed by atoms with van der Waals surface area (Å²) >= 11 is 0. The first-order chi connectivity index (χ1) is 10.8. The minimum atomic E-state index is -4.10. The predicted octanol–water partition coefficient (Wildman–Crippen LogP) is 4.40. The molecular weight excluding hydrogens is 311 g/mol. The number of hydrogen-bond donors (Lipinski definition) is 0. The van der Waals surface area contributed by atoms with Crippen molar-refractivity contribution in [1.29, 1.82) is 0 Å². The molecule has 0 aromatic heterocycles. The standard InChI is InChI=1S/C8H7F3.C8H15NO3/c9-8(10,11)6-7-4-2-1-3-5-7;1-2-3-7(9(10)11)4-5-8-6-12-8/h1-5H,6H2;7-8H,2-6H2,1H3. The Morgan fingerprint density at radius 1 is 1.30 bits per heavy atom. The fourth-order valence-corrected chi connectivity index (χ4v) is 2.13. The first kappa shape index (κ1) is 19.4. The maximum absolute atomic E-state index is 11.7. The molecule has 1 aliphatic rings. The van der Waals surface area contributed by atoms with Crippen LogP contribution in [0.3, 0.4) is 0 Å². The number of rotatable bonds is 7. The molecule has 130 valence electrons. The molecule has 1 saturated heterocycles. The zero-order chi connectivity index (χ0) is 17.3. The number of epoxide rings is 1. The Morgan fingerprint density at radius 2 is 1.91 bits per heavy atom. The second-order valence-corrected chi connectivity index (χ2v) is 5.54. The van der Waals surface area contributed by atoms with Crippen LogP contribution in [0.1, 0.15) is 38.2 Å². The van der Waals surface area contributed by atoms with E-state index in [0.29, 0.717) is 24.5 Å². The minimum Gasteiger partial charge on any atom is -0.373 e. The SMILES string of the molecule is CCCC(CCC1CO1)[N+](=O)[O-].FC(F)(F)Cc1ccccc1. The molecular formula is C16H22F3NO3. The third kappa shape index (κ3) is 9.89. The highest BCUT2D eigenvalue weighted by Gasteiger charge is 2.27. The number of nitro groups is 1. The maximum atomic E-state index is 11.7. The predicted molar refractivity (Wildman–Crippen MR) is 80.9 cm³/mol. The van der Waals surface area contributed by atoms with Crippen molar-refractivity contribution in [2.45, 2.75) is 57.3 Å². The van der Waals surface area contributed by atoms with Gasteiger partial charge < -0.3 is 4.74 Å². The Balaban J connectivity index is 0.000000231. The van der Waals surface area contributed by atoms with E-state index in [4.69, 9.17) is 4.74 Å². The summed E-state index contributed by atoms with van der Waals surface area (Å²) in [4.78, 5) is 10.3. The van der Waals surface area contributed by atoms with Crippen LogP contribution in [0.5, 0.6) is 0 Å². The Bertz CT molecular complexity index is 461. The molecule has 2 unspecified atom stereocenters. The molecule has 4 nitrogen and oxygen atoms in total. The lowest BCUT2D eigenvalue weighted by molar-refractivity contribution is -0.524. The van der Waals surface area contributed by atoms with Crippen LogP contribution in [0.2, 0.25) is 0 Å². The Kier molecular flexibility index (Phi) is 8.02. The molecule has 0 saturated carbocycles. The lowest BCUT2D eigenvalue weighted by atomic mass is 10.1. The van der Waals surface area contributed by atoms with Crippen LogP contribution < -0.4 is 0 Å². The van der Waals surface area contributed by atoms with Crippen molar-refractivity contribution in [3.05, 3.63) is 46.0 Å². The number of halogens is 3. The van der Waals surface area contributed by atoms with Crippen LogP contribution in [-0.2, 0) is 11.2 Å². The summed E-state index contributed by atoms with van der Waals surface area (Å²) in [5.74, 6) is 0. The average Bonchev–Trinajstić information content (AvgIpc) is 3.27. The van der Waals surface area contributed by atoms with E-state index in [1.54, 1.807) is 18.2 Å². The van der Waals surface area contributed by atoms with E-state index < -0.39 is 12.6 Å². The largest absolute Gasteiger partial charge is 0.393 e. The summed E-state index contributed by atoms with van der Waals surface area (Å²) in [6.45, 7) is 2.78. The van der Waals surface area contributed by atoms with Gasteiger partial charge in [-0.05, 0) is 18.4 Å². The number of hydrogen-bond acceptors (Lipinski definition) is 3. The third-order valence-electron chi connectivity index (χ3n) is 3.39. The molecule has 1 aromatic carbocycles. The lowest BCUT2D eigenvalue weighted by Gasteiger charge is -2.06. The molecule has 1 fully saturated rings. The number of alkyl halides is 3. The van der Waals surface area contributed by atoms with Crippen LogP contribution in [0.25, 0.3) is 0 Å². The molecule has 23 heavy (non-hydrogen) atoms. The number of ether oxygens (including phenoxy) is 1. The number of benzene rings is 1. The van der Waals surface area contributed by atoms with Crippen molar-refractivity contribution < 1.29 is 22.8 Å². The van der Waals surface area contributed by atoms with E-state index in [9.17, 15) is 23.3 Å². The van der Waals surface area contributed by atoms with Crippen LogP contribution in [0.15, 0.2) is 30.3 Å². The van der Waals surface area contributed by atoms with Crippen molar-refractivity contribution >= 4 is 0 Å². The van der Waals surface area contributed by atoms with Gasteiger partial charge in [0, 0.05) is 17.8 Å². The first-order valence-corrected chi connectivity index (χ1v) is 7.67. The quantitative estimate of drug-likeness (QED) is 0.422. The second-order valence-electron chi connectivity index (χ2n) is 5.54. The van der Waals surface area contributed by atoms with E-state index in [2.05, 4.69) is 0 Å². The van der Waals surface area contributed by atoms with Crippen LogP contribution >= 0.6 is 0 Å². The van der Waals surface area contributed by atoms with Crippen LogP contribution in [0.4, 0.5) is 13.2 Å². The normalized spacial score (nSPS) is 17.8. The van der Waals surface area contributed by atoms with Gasteiger partial charge in [-0.1, -0.05) is 37.3 Å². The van der Waals surface area contributed by atoms with Gasteiger partial charge in [-0.15, -0.1) is 0 Å². The molecule has 0 N–H and O–H groups in total. The monoisotopic (exact) mass is 333 g/mol. The molecule has 1 heterocycles. The van der Waals surface area contributed by atoms with Crippen molar-refractivity contribution in [2.24, 2.45) is 0 Å². The molecule has 0 bridgehead atoms. The molecule has 1 aliphatic heterocycles. The highest BCUT2D eigenvalue weighted by Crippen LogP contribution is 2.20. The Morgan fingerprint density at radius 3 is 2.35 bits per heavy atom. The maximum Gasteiger partial charge on any atom is 0.393 e. The van der Waals surface area contributed by atoms with Crippen molar-refractivity contribution in [2.75, 3.05) is 6.61 Å². The van der Waals surface area contributed by atoms with Crippen molar-refractivity contribution in [3.63, 3.8) is 0 Å². The summed E-state index contributed by atoms with van der Waals surface area (Å²) in [7, 11) is 0. The highest BCUT2D eigenvalue weighted by atomic mass is 19.4. The van der Waals surface area contributed by atoms with Gasteiger partial charge in [0.25, 0.3) is 0 Å². The van der Waals surface area contributed by atoms with Crippen molar-refractivity contribution in [3.8, 4) is 0 Å². The van der Waals surface area contributed by atoms with E-state index in [1.807, 2.05) is 6.92 Å². The second kappa shape index (κ2) is 9.50. The average molecular weight is 333 g/mol. The van der Waals surface area contributed by atoms with Gasteiger partial charge in [-0.2, -0.15) is 13.2 Å². The van der Waals surface area contributed by atoms with Gasteiger partial charge in [-0.3, -0.25) is 10.1 Å². The van der Waals surface area contributed by atoms with E-state index >= 15 is 0 Å². The molecule has 2 rings (SSSR count). The molecule has 0 amide bonds. The molecule has 0 aliphatic carbocycles. The van der Waals surface area contributed by atoms with Gasteiger partial charge in [0.2, 0.25) is 6.04 Å². The van der Waals surface area contributed by atoms with Gasteiger partial charge in [-0.25, -0.2) is 0 Å². The Hall–Kier alpha value is -1.63. The molecule has 1 aromatic rings. The zero-order valence-electron chi connectivity index (χ0n) is 13.1. The highest BCUT2D eigenvalue weighted by molar-refractivity contribution is 5.15. The molecule has 2 atom stereocenters. The molecule has 7 heteroatoms. The topological polar surface area (TPSA) is 55.7 Å². The summed E-state index contributed by atoms with van der Waals surface area (Å²) in [6.07, 6.45) is -1.51. The minimum absolute atomic E-state index is 0.161. The van der Waals surface area contributed by atoms with Gasteiger partial charge in [0.1, 0.15) is 0 Å². The zero-order valence-corrected chi connectivity index (χ0v) is 13.1. The van der Waals surface area contributed by atoms with Crippen molar-refractivity contribution in [1.82, 2.24) is 0 Å². The summed E-state index contributed by atoms with van der Waals surface area (Å²) in [5, 5.41) is 10.5. The van der Waals surface area contributed by atoms with Gasteiger partial charge >= 0.3 is 6.18 Å².